The Bertz CT molecular complexity index is 635. The lowest BCUT2D eigenvalue weighted by Gasteiger charge is -2.16. The number of thiophene rings is 1. The summed E-state index contributed by atoms with van der Waals surface area (Å²) in [6, 6.07) is 4.10. The minimum Gasteiger partial charge on any atom is -0.342 e. The van der Waals surface area contributed by atoms with Crippen LogP contribution in [0.25, 0.3) is 9.88 Å². The second-order valence-corrected chi connectivity index (χ2v) is 7.58. The molecule has 1 N–H and O–H groups in total. The monoisotopic (exact) mass is 391 g/mol. The summed E-state index contributed by atoms with van der Waals surface area (Å²) in [5.41, 5.74) is 0.906. The molecule has 4 nitrogen and oxygen atoms in total. The Morgan fingerprint density at radius 1 is 1.26 bits per heavy atom. The van der Waals surface area contributed by atoms with Gasteiger partial charge in [-0.3, -0.25) is 4.79 Å². The van der Waals surface area contributed by atoms with Crippen LogP contribution in [-0.2, 0) is 11.2 Å². The third-order valence-corrected chi connectivity index (χ3v) is 6.29. The first-order chi connectivity index (χ1) is 10.3. The molecule has 2 aromatic heterocycles. The van der Waals surface area contributed by atoms with Gasteiger partial charge in [0.15, 0.2) is 0 Å². The number of fused-ring (bicyclic) bond motifs is 1. The second kappa shape index (κ2) is 7.94. The van der Waals surface area contributed by atoms with E-state index in [4.69, 9.17) is 0 Å². The molecule has 0 aliphatic carbocycles. The molecular formula is C15H19Cl2N3OS2. The SMILES string of the molecule is Cl.Cl.O=C(Cc1csc(-c2cccs2)n1)N1C[C@H]2CNC[C@H]2C1. The van der Waals surface area contributed by atoms with Gasteiger partial charge in [-0.15, -0.1) is 47.5 Å². The molecule has 2 aliphatic rings. The molecule has 2 fully saturated rings. The number of carbonyl (C=O) groups excluding carboxylic acids is 1. The number of rotatable bonds is 3. The topological polar surface area (TPSA) is 45.2 Å². The smallest absolute Gasteiger partial charge is 0.228 e. The molecule has 0 aromatic carbocycles. The van der Waals surface area contributed by atoms with Crippen molar-refractivity contribution < 1.29 is 4.79 Å². The van der Waals surface area contributed by atoms with Gasteiger partial charge >= 0.3 is 0 Å². The highest BCUT2D eigenvalue weighted by molar-refractivity contribution is 7.20. The molecule has 4 rings (SSSR count). The van der Waals surface area contributed by atoms with Gasteiger partial charge in [0.05, 0.1) is 17.0 Å². The van der Waals surface area contributed by atoms with Crippen molar-refractivity contribution >= 4 is 53.4 Å². The first-order valence-corrected chi connectivity index (χ1v) is 9.02. The number of halogens is 2. The fourth-order valence-corrected chi connectivity index (χ4v) is 4.86. The van der Waals surface area contributed by atoms with Crippen molar-refractivity contribution in [2.24, 2.45) is 11.8 Å². The normalized spacial score (nSPS) is 22.3. The first-order valence-electron chi connectivity index (χ1n) is 7.26. The van der Waals surface area contributed by atoms with Gasteiger partial charge in [0.1, 0.15) is 5.01 Å². The minimum absolute atomic E-state index is 0. The molecule has 0 spiro atoms. The van der Waals surface area contributed by atoms with Gasteiger partial charge in [-0.2, -0.15) is 0 Å². The molecule has 2 atom stereocenters. The number of aromatic nitrogens is 1. The van der Waals surface area contributed by atoms with E-state index in [1.54, 1.807) is 22.7 Å². The fourth-order valence-electron chi connectivity index (χ4n) is 3.23. The maximum Gasteiger partial charge on any atom is 0.228 e. The van der Waals surface area contributed by atoms with Gasteiger partial charge in [0.2, 0.25) is 5.91 Å². The lowest BCUT2D eigenvalue weighted by atomic mass is 10.0. The van der Waals surface area contributed by atoms with Gasteiger partial charge in [-0.25, -0.2) is 4.98 Å². The fraction of sp³-hybridized carbons (Fsp3) is 0.467. The van der Waals surface area contributed by atoms with Gasteiger partial charge in [-0.05, 0) is 23.3 Å². The number of carbonyl (C=O) groups is 1. The van der Waals surface area contributed by atoms with E-state index in [0.717, 1.165) is 36.9 Å². The van der Waals surface area contributed by atoms with Crippen LogP contribution >= 0.6 is 47.5 Å². The van der Waals surface area contributed by atoms with E-state index >= 15 is 0 Å². The maximum absolute atomic E-state index is 12.4. The minimum atomic E-state index is 0. The Morgan fingerprint density at radius 3 is 2.65 bits per heavy atom. The van der Waals surface area contributed by atoms with Crippen LogP contribution in [0.4, 0.5) is 0 Å². The number of thiazole rings is 1. The second-order valence-electron chi connectivity index (χ2n) is 5.78. The van der Waals surface area contributed by atoms with E-state index in [0.29, 0.717) is 18.3 Å². The van der Waals surface area contributed by atoms with Crippen molar-refractivity contribution in [2.45, 2.75) is 6.42 Å². The molecule has 2 aliphatic heterocycles. The zero-order valence-electron chi connectivity index (χ0n) is 12.4. The average Bonchev–Trinajstić information content (AvgIpc) is 3.22. The van der Waals surface area contributed by atoms with Gasteiger partial charge in [0.25, 0.3) is 0 Å². The summed E-state index contributed by atoms with van der Waals surface area (Å²) in [6.45, 7) is 3.96. The Hall–Kier alpha value is -0.660. The first kappa shape index (κ1) is 18.7. The van der Waals surface area contributed by atoms with E-state index < -0.39 is 0 Å². The summed E-state index contributed by atoms with van der Waals surface area (Å²) in [5.74, 6) is 1.55. The lowest BCUT2D eigenvalue weighted by molar-refractivity contribution is -0.129. The predicted octanol–water partition coefficient (Wildman–Crippen LogP) is 2.94. The Labute approximate surface area is 156 Å². The predicted molar refractivity (Wildman–Crippen MR) is 100 cm³/mol. The van der Waals surface area contributed by atoms with Crippen LogP contribution in [0.2, 0.25) is 0 Å². The number of nitrogens with zero attached hydrogens (tertiary/aromatic N) is 2. The van der Waals surface area contributed by atoms with Crippen LogP contribution in [0.15, 0.2) is 22.9 Å². The molecule has 126 valence electrons. The molecule has 4 heterocycles. The zero-order chi connectivity index (χ0) is 14.2. The molecule has 1 amide bonds. The summed E-state index contributed by atoms with van der Waals surface area (Å²) in [7, 11) is 0. The lowest BCUT2D eigenvalue weighted by Crippen LogP contribution is -2.33. The molecule has 23 heavy (non-hydrogen) atoms. The van der Waals surface area contributed by atoms with E-state index in [9.17, 15) is 4.79 Å². The standard InChI is InChI=1S/C15H17N3OS2.2ClH/c19-14(18-7-10-5-16-6-11(10)8-18)4-12-9-21-15(17-12)13-2-1-3-20-13;;/h1-3,9-11,16H,4-8H2;2*1H/t10-,11+;;. The highest BCUT2D eigenvalue weighted by Gasteiger charge is 2.37. The Morgan fingerprint density at radius 2 is 2.00 bits per heavy atom. The van der Waals surface area contributed by atoms with Crippen molar-refractivity contribution in [3.8, 4) is 9.88 Å². The molecule has 0 unspecified atom stereocenters. The van der Waals surface area contributed by atoms with E-state index in [-0.39, 0.29) is 30.7 Å². The largest absolute Gasteiger partial charge is 0.342 e. The van der Waals surface area contributed by atoms with Crippen LogP contribution in [0.5, 0.6) is 0 Å². The highest BCUT2D eigenvalue weighted by Crippen LogP contribution is 2.29. The molecule has 2 aromatic rings. The van der Waals surface area contributed by atoms with Crippen molar-refractivity contribution in [3.63, 3.8) is 0 Å². The highest BCUT2D eigenvalue weighted by atomic mass is 35.5. The van der Waals surface area contributed by atoms with Crippen LogP contribution < -0.4 is 5.32 Å². The quantitative estimate of drug-likeness (QED) is 0.874. The number of hydrogen-bond donors (Lipinski definition) is 1. The summed E-state index contributed by atoms with van der Waals surface area (Å²) in [5, 5.41) is 8.50. The third kappa shape index (κ3) is 3.88. The van der Waals surface area contributed by atoms with E-state index in [1.807, 2.05) is 16.3 Å². The van der Waals surface area contributed by atoms with Gasteiger partial charge < -0.3 is 10.2 Å². The van der Waals surface area contributed by atoms with Crippen LogP contribution in [0.3, 0.4) is 0 Å². The number of nitrogens with one attached hydrogen (secondary N) is 1. The van der Waals surface area contributed by atoms with Crippen molar-refractivity contribution in [3.05, 3.63) is 28.6 Å². The van der Waals surface area contributed by atoms with E-state index in [1.165, 1.54) is 4.88 Å². The van der Waals surface area contributed by atoms with Crippen LogP contribution in [0.1, 0.15) is 5.69 Å². The Kier molecular flexibility index (Phi) is 6.45. The summed E-state index contributed by atoms with van der Waals surface area (Å²) in [6.07, 6.45) is 0.439. The molecule has 0 radical (unpaired) electrons. The summed E-state index contributed by atoms with van der Waals surface area (Å²) in [4.78, 5) is 20.2. The molecule has 2 saturated heterocycles. The molecular weight excluding hydrogens is 373 g/mol. The molecule has 0 bridgehead atoms. The third-order valence-electron chi connectivity index (χ3n) is 4.36. The molecule has 0 saturated carbocycles. The van der Waals surface area contributed by atoms with Gasteiger partial charge in [0, 0.05) is 31.6 Å². The summed E-state index contributed by atoms with van der Waals surface area (Å²) < 4.78 is 0. The maximum atomic E-state index is 12.4. The zero-order valence-corrected chi connectivity index (χ0v) is 15.7. The Balaban J connectivity index is 0.000000960. The van der Waals surface area contributed by atoms with Gasteiger partial charge in [-0.1, -0.05) is 6.07 Å². The van der Waals surface area contributed by atoms with Crippen molar-refractivity contribution in [1.82, 2.24) is 15.2 Å². The van der Waals surface area contributed by atoms with E-state index in [2.05, 4.69) is 21.7 Å². The average molecular weight is 392 g/mol. The number of hydrogen-bond acceptors (Lipinski definition) is 5. The summed E-state index contributed by atoms with van der Waals surface area (Å²) >= 11 is 3.32. The number of likely N-dealkylation sites (tertiary alicyclic amines) is 1. The number of amides is 1. The van der Waals surface area contributed by atoms with Crippen LogP contribution in [0, 0.1) is 11.8 Å². The molecule has 8 heteroatoms. The van der Waals surface area contributed by atoms with Crippen LogP contribution in [-0.4, -0.2) is 42.0 Å². The van der Waals surface area contributed by atoms with Crippen molar-refractivity contribution in [1.29, 1.82) is 0 Å². The van der Waals surface area contributed by atoms with Crippen molar-refractivity contribution in [2.75, 3.05) is 26.2 Å².